The van der Waals surface area contributed by atoms with E-state index in [0.717, 1.165) is 4.90 Å². The Bertz CT molecular complexity index is 781. The normalized spacial score (nSPS) is 13.5. The molecule has 3 rings (SSSR count). The van der Waals surface area contributed by atoms with Crippen molar-refractivity contribution >= 4 is 39.3 Å². The Kier molecular flexibility index (Phi) is 3.13. The summed E-state index contributed by atoms with van der Waals surface area (Å²) in [4.78, 5) is 37.0. The number of carbonyl (C=O) groups is 3. The molecule has 0 aliphatic carbocycles. The maximum atomic E-state index is 12.1. The maximum Gasteiger partial charge on any atom is 0.291 e. The predicted molar refractivity (Wildman–Crippen MR) is 77.2 cm³/mol. The number of rotatable bonds is 2. The summed E-state index contributed by atoms with van der Waals surface area (Å²) in [7, 11) is 1.40. The van der Waals surface area contributed by atoms with E-state index in [0.29, 0.717) is 4.67 Å². The molecule has 0 spiro atoms. The topological polar surface area (TPSA) is 79.6 Å². The highest BCUT2D eigenvalue weighted by atomic mass is 79.9. The largest absolute Gasteiger partial charge is 0.444 e. The van der Waals surface area contributed by atoms with E-state index in [1.165, 1.54) is 13.1 Å². The average Bonchev–Trinajstić information content (AvgIpc) is 2.99. The SMILES string of the molecule is CN1C(=O)c2cccc(NC(=O)c3ccc(Br)o3)c2C1=O. The van der Waals surface area contributed by atoms with Crippen LogP contribution in [0, 0.1) is 0 Å². The number of anilines is 1. The van der Waals surface area contributed by atoms with E-state index < -0.39 is 11.8 Å². The van der Waals surface area contributed by atoms with Gasteiger partial charge in [-0.05, 0) is 40.2 Å². The number of amides is 3. The number of fused-ring (bicyclic) bond motifs is 1. The molecule has 0 atom stereocenters. The summed E-state index contributed by atoms with van der Waals surface area (Å²) < 4.78 is 5.58. The van der Waals surface area contributed by atoms with E-state index in [4.69, 9.17) is 4.42 Å². The van der Waals surface area contributed by atoms with Gasteiger partial charge >= 0.3 is 0 Å². The van der Waals surface area contributed by atoms with Crippen LogP contribution in [-0.2, 0) is 0 Å². The van der Waals surface area contributed by atoms with Gasteiger partial charge in [-0.15, -0.1) is 0 Å². The second kappa shape index (κ2) is 4.85. The number of imide groups is 1. The summed E-state index contributed by atoms with van der Waals surface area (Å²) in [6.07, 6.45) is 0. The van der Waals surface area contributed by atoms with Crippen LogP contribution in [0.1, 0.15) is 31.3 Å². The van der Waals surface area contributed by atoms with Gasteiger partial charge in [0.1, 0.15) is 0 Å². The van der Waals surface area contributed by atoms with Gasteiger partial charge in [-0.3, -0.25) is 19.3 Å². The molecule has 106 valence electrons. The van der Waals surface area contributed by atoms with Crippen molar-refractivity contribution < 1.29 is 18.8 Å². The molecule has 2 aromatic rings. The molecule has 0 fully saturated rings. The lowest BCUT2D eigenvalue weighted by atomic mass is 10.1. The van der Waals surface area contributed by atoms with Crippen LogP contribution >= 0.6 is 15.9 Å². The van der Waals surface area contributed by atoms with Crippen molar-refractivity contribution in [2.24, 2.45) is 0 Å². The molecular weight excluding hydrogens is 340 g/mol. The van der Waals surface area contributed by atoms with Crippen molar-refractivity contribution in [2.75, 3.05) is 12.4 Å². The molecule has 1 N–H and O–H groups in total. The molecule has 0 bridgehead atoms. The number of hydrogen-bond donors (Lipinski definition) is 1. The summed E-state index contributed by atoms with van der Waals surface area (Å²) in [5.74, 6) is -1.22. The Morgan fingerprint density at radius 3 is 2.62 bits per heavy atom. The molecule has 0 unspecified atom stereocenters. The zero-order valence-electron chi connectivity index (χ0n) is 10.8. The third-order valence-electron chi connectivity index (χ3n) is 3.16. The molecule has 2 heterocycles. The highest BCUT2D eigenvalue weighted by Crippen LogP contribution is 2.29. The zero-order chi connectivity index (χ0) is 15.1. The molecule has 0 saturated heterocycles. The van der Waals surface area contributed by atoms with Crippen molar-refractivity contribution in [1.29, 1.82) is 0 Å². The van der Waals surface area contributed by atoms with Gasteiger partial charge in [-0.2, -0.15) is 0 Å². The van der Waals surface area contributed by atoms with Gasteiger partial charge in [0.15, 0.2) is 10.4 Å². The minimum Gasteiger partial charge on any atom is -0.444 e. The molecule has 0 saturated carbocycles. The molecule has 1 aromatic heterocycles. The minimum absolute atomic E-state index is 0.101. The third-order valence-corrected chi connectivity index (χ3v) is 3.59. The minimum atomic E-state index is -0.496. The Morgan fingerprint density at radius 1 is 1.19 bits per heavy atom. The first-order valence-electron chi connectivity index (χ1n) is 6.01. The summed E-state index contributed by atoms with van der Waals surface area (Å²) in [5, 5.41) is 2.59. The lowest BCUT2D eigenvalue weighted by Gasteiger charge is -2.07. The molecule has 0 radical (unpaired) electrons. The van der Waals surface area contributed by atoms with Crippen LogP contribution in [0.3, 0.4) is 0 Å². The molecule has 3 amide bonds. The van der Waals surface area contributed by atoms with Crippen LogP contribution < -0.4 is 5.32 Å². The van der Waals surface area contributed by atoms with E-state index in [1.807, 2.05) is 0 Å². The summed E-state index contributed by atoms with van der Waals surface area (Å²) in [6.45, 7) is 0. The van der Waals surface area contributed by atoms with Crippen LogP contribution in [0.4, 0.5) is 5.69 Å². The van der Waals surface area contributed by atoms with Crippen molar-refractivity contribution in [3.8, 4) is 0 Å². The van der Waals surface area contributed by atoms with Crippen molar-refractivity contribution in [3.63, 3.8) is 0 Å². The number of halogens is 1. The quantitative estimate of drug-likeness (QED) is 0.845. The first-order chi connectivity index (χ1) is 9.99. The number of carbonyl (C=O) groups excluding carboxylic acids is 3. The summed E-state index contributed by atoms with van der Waals surface area (Å²) in [6, 6.07) is 7.82. The van der Waals surface area contributed by atoms with Gasteiger partial charge < -0.3 is 9.73 Å². The average molecular weight is 349 g/mol. The molecular formula is C14H9BrN2O4. The molecule has 6 nitrogen and oxygen atoms in total. The summed E-state index contributed by atoms with van der Waals surface area (Å²) in [5.41, 5.74) is 0.762. The van der Waals surface area contributed by atoms with Gasteiger partial charge in [0.2, 0.25) is 0 Å². The van der Waals surface area contributed by atoms with Crippen LogP contribution in [0.15, 0.2) is 39.4 Å². The third kappa shape index (κ3) is 2.15. The lowest BCUT2D eigenvalue weighted by molar-refractivity contribution is 0.0693. The van der Waals surface area contributed by atoms with Gasteiger partial charge in [0, 0.05) is 7.05 Å². The van der Waals surface area contributed by atoms with Gasteiger partial charge in [-0.25, -0.2) is 0 Å². The van der Waals surface area contributed by atoms with E-state index in [2.05, 4.69) is 21.2 Å². The van der Waals surface area contributed by atoms with Crippen LogP contribution in [-0.4, -0.2) is 29.7 Å². The Morgan fingerprint density at radius 2 is 1.95 bits per heavy atom. The highest BCUT2D eigenvalue weighted by molar-refractivity contribution is 9.10. The Balaban J connectivity index is 1.97. The van der Waals surface area contributed by atoms with E-state index in [1.54, 1.807) is 24.3 Å². The number of furan rings is 1. The van der Waals surface area contributed by atoms with E-state index in [-0.39, 0.29) is 28.5 Å². The fourth-order valence-electron chi connectivity index (χ4n) is 2.13. The van der Waals surface area contributed by atoms with Crippen LogP contribution in [0.25, 0.3) is 0 Å². The number of hydrogen-bond acceptors (Lipinski definition) is 4. The van der Waals surface area contributed by atoms with Crippen LogP contribution in [0.2, 0.25) is 0 Å². The number of nitrogens with one attached hydrogen (secondary N) is 1. The first kappa shape index (κ1) is 13.6. The van der Waals surface area contributed by atoms with E-state index in [9.17, 15) is 14.4 Å². The number of nitrogens with zero attached hydrogens (tertiary/aromatic N) is 1. The second-order valence-corrected chi connectivity index (χ2v) is 5.24. The highest BCUT2D eigenvalue weighted by Gasteiger charge is 2.35. The second-order valence-electron chi connectivity index (χ2n) is 4.46. The Hall–Kier alpha value is -2.41. The molecule has 1 aliphatic rings. The number of benzene rings is 1. The van der Waals surface area contributed by atoms with Gasteiger partial charge in [0.05, 0.1) is 16.8 Å². The Labute approximate surface area is 127 Å². The molecule has 21 heavy (non-hydrogen) atoms. The monoisotopic (exact) mass is 348 g/mol. The van der Waals surface area contributed by atoms with Crippen LogP contribution in [0.5, 0.6) is 0 Å². The fraction of sp³-hybridized carbons (Fsp3) is 0.0714. The lowest BCUT2D eigenvalue weighted by Crippen LogP contribution is -2.24. The van der Waals surface area contributed by atoms with Gasteiger partial charge in [0.25, 0.3) is 17.7 Å². The van der Waals surface area contributed by atoms with Crippen molar-refractivity contribution in [1.82, 2.24) is 4.90 Å². The molecule has 1 aliphatic heterocycles. The van der Waals surface area contributed by atoms with Gasteiger partial charge in [-0.1, -0.05) is 6.07 Å². The molecule has 7 heteroatoms. The van der Waals surface area contributed by atoms with Crippen molar-refractivity contribution in [3.05, 3.63) is 51.9 Å². The molecule has 1 aromatic carbocycles. The predicted octanol–water partition coefficient (Wildman–Crippen LogP) is 2.52. The summed E-state index contributed by atoms with van der Waals surface area (Å²) >= 11 is 3.11. The standard InChI is InChI=1S/C14H9BrN2O4/c1-17-13(19)7-3-2-4-8(11(7)14(17)20)16-12(18)9-5-6-10(15)21-9/h2-6H,1H3,(H,16,18). The maximum absolute atomic E-state index is 12.1. The smallest absolute Gasteiger partial charge is 0.291 e. The zero-order valence-corrected chi connectivity index (χ0v) is 12.4. The van der Waals surface area contributed by atoms with E-state index >= 15 is 0 Å². The van der Waals surface area contributed by atoms with Crippen molar-refractivity contribution in [2.45, 2.75) is 0 Å². The fourth-order valence-corrected chi connectivity index (χ4v) is 2.43. The first-order valence-corrected chi connectivity index (χ1v) is 6.80.